The van der Waals surface area contributed by atoms with Crippen LogP contribution in [0.15, 0.2) is 0 Å². The van der Waals surface area contributed by atoms with Crippen LogP contribution in [0.1, 0.15) is 46.0 Å². The molecule has 1 aliphatic carbocycles. The second-order valence-electron chi connectivity index (χ2n) is 7.09. The Morgan fingerprint density at radius 2 is 2.00 bits per heavy atom. The maximum atomic E-state index is 12.5. The first-order valence-electron chi connectivity index (χ1n) is 8.75. The van der Waals surface area contributed by atoms with Gasteiger partial charge in [0.05, 0.1) is 6.04 Å². The van der Waals surface area contributed by atoms with Crippen LogP contribution in [0, 0.1) is 17.8 Å². The van der Waals surface area contributed by atoms with Gasteiger partial charge in [0.15, 0.2) is 0 Å². The minimum Gasteiger partial charge on any atom is -0.353 e. The fraction of sp³-hybridized carbons (Fsp3) is 0.941. The Morgan fingerprint density at radius 3 is 2.62 bits per heavy atom. The van der Waals surface area contributed by atoms with Crippen LogP contribution in [0.3, 0.4) is 0 Å². The van der Waals surface area contributed by atoms with Crippen molar-refractivity contribution in [2.45, 2.75) is 58.0 Å². The van der Waals surface area contributed by atoms with Crippen molar-refractivity contribution in [2.75, 3.05) is 27.2 Å². The summed E-state index contributed by atoms with van der Waals surface area (Å²) in [6, 6.07) is 0.492. The van der Waals surface area contributed by atoms with E-state index in [0.29, 0.717) is 17.9 Å². The van der Waals surface area contributed by atoms with Crippen LogP contribution in [0.4, 0.5) is 0 Å². The lowest BCUT2D eigenvalue weighted by atomic mass is 9.92. The Labute approximate surface area is 130 Å². The van der Waals surface area contributed by atoms with Crippen LogP contribution in [0.25, 0.3) is 0 Å². The van der Waals surface area contributed by atoms with E-state index >= 15 is 0 Å². The van der Waals surface area contributed by atoms with Gasteiger partial charge in [0, 0.05) is 12.6 Å². The second kappa shape index (κ2) is 7.59. The summed E-state index contributed by atoms with van der Waals surface area (Å²) >= 11 is 0. The first-order chi connectivity index (χ1) is 10.1. The van der Waals surface area contributed by atoms with Gasteiger partial charge in [-0.2, -0.15) is 0 Å². The van der Waals surface area contributed by atoms with E-state index in [1.165, 1.54) is 32.1 Å². The molecule has 1 saturated carbocycles. The number of amides is 1. The number of nitrogens with one attached hydrogen (secondary N) is 2. The molecule has 1 aliphatic heterocycles. The van der Waals surface area contributed by atoms with E-state index in [-0.39, 0.29) is 11.9 Å². The molecule has 4 heteroatoms. The highest BCUT2D eigenvalue weighted by Gasteiger charge is 2.42. The number of likely N-dealkylation sites (N-methyl/N-ethyl adjacent to an activating group) is 1. The first kappa shape index (κ1) is 16.8. The predicted octanol–water partition coefficient (Wildman–Crippen LogP) is 1.86. The minimum atomic E-state index is 0.0574. The number of hydrogen-bond acceptors (Lipinski definition) is 3. The molecule has 4 nitrogen and oxygen atoms in total. The molecule has 1 saturated heterocycles. The molecule has 4 unspecified atom stereocenters. The van der Waals surface area contributed by atoms with Crippen LogP contribution >= 0.6 is 0 Å². The number of fused-ring (bicyclic) bond motifs is 1. The molecule has 0 bridgehead atoms. The van der Waals surface area contributed by atoms with E-state index in [9.17, 15) is 4.79 Å². The van der Waals surface area contributed by atoms with Gasteiger partial charge in [0.1, 0.15) is 0 Å². The summed E-state index contributed by atoms with van der Waals surface area (Å²) in [7, 11) is 4.24. The molecule has 1 amide bonds. The Kier molecular flexibility index (Phi) is 6.06. The van der Waals surface area contributed by atoms with Gasteiger partial charge in [0.2, 0.25) is 5.91 Å². The van der Waals surface area contributed by atoms with Gasteiger partial charge in [0.25, 0.3) is 0 Å². The SMILES string of the molecule is CCC(CC)C(CNC(=O)C1NCC2CCCC21)N(C)C. The first-order valence-corrected chi connectivity index (χ1v) is 8.75. The Balaban J connectivity index is 1.87. The summed E-state index contributed by atoms with van der Waals surface area (Å²) in [4.78, 5) is 14.8. The molecule has 0 radical (unpaired) electrons. The molecule has 0 aromatic heterocycles. The Hall–Kier alpha value is -0.610. The normalized spacial score (nSPS) is 29.9. The summed E-state index contributed by atoms with van der Waals surface area (Å²) in [5.41, 5.74) is 0. The summed E-state index contributed by atoms with van der Waals surface area (Å²) in [6.07, 6.45) is 6.16. The van der Waals surface area contributed by atoms with Gasteiger partial charge >= 0.3 is 0 Å². The highest BCUT2D eigenvalue weighted by molar-refractivity contribution is 5.82. The fourth-order valence-corrected chi connectivity index (χ4v) is 4.39. The lowest BCUT2D eigenvalue weighted by molar-refractivity contribution is -0.124. The largest absolute Gasteiger partial charge is 0.353 e. The average molecular weight is 295 g/mol. The molecule has 2 fully saturated rings. The van der Waals surface area contributed by atoms with Crippen molar-refractivity contribution >= 4 is 5.91 Å². The second-order valence-corrected chi connectivity index (χ2v) is 7.09. The van der Waals surface area contributed by atoms with Crippen LogP contribution in [0.2, 0.25) is 0 Å². The summed E-state index contributed by atoms with van der Waals surface area (Å²) in [6.45, 7) is 6.29. The molecule has 2 rings (SSSR count). The number of rotatable bonds is 7. The summed E-state index contributed by atoms with van der Waals surface area (Å²) in [5.74, 6) is 2.19. The topological polar surface area (TPSA) is 44.4 Å². The molecule has 4 atom stereocenters. The van der Waals surface area contributed by atoms with Crippen molar-refractivity contribution in [3.63, 3.8) is 0 Å². The lowest BCUT2D eigenvalue weighted by Crippen LogP contribution is -2.50. The molecular weight excluding hydrogens is 262 g/mol. The van der Waals surface area contributed by atoms with Gasteiger partial charge < -0.3 is 15.5 Å². The Morgan fingerprint density at radius 1 is 1.29 bits per heavy atom. The minimum absolute atomic E-state index is 0.0574. The standard InChI is InChI=1S/C17H33N3O/c1-5-12(6-2)15(20(3)4)11-19-17(21)16-14-9-7-8-13(14)10-18-16/h12-16,18H,5-11H2,1-4H3,(H,19,21). The maximum Gasteiger partial charge on any atom is 0.237 e. The summed E-state index contributed by atoms with van der Waals surface area (Å²) < 4.78 is 0. The molecule has 0 aromatic rings. The molecule has 122 valence electrons. The third-order valence-electron chi connectivity index (χ3n) is 5.77. The zero-order valence-electron chi connectivity index (χ0n) is 14.2. The molecule has 2 aliphatic rings. The van der Waals surface area contributed by atoms with E-state index in [1.807, 2.05) is 0 Å². The number of carbonyl (C=O) groups is 1. The van der Waals surface area contributed by atoms with E-state index in [1.54, 1.807) is 0 Å². The number of nitrogens with zero attached hydrogens (tertiary/aromatic N) is 1. The maximum absolute atomic E-state index is 12.5. The van der Waals surface area contributed by atoms with Crippen LogP contribution in [0.5, 0.6) is 0 Å². The highest BCUT2D eigenvalue weighted by atomic mass is 16.2. The molecule has 21 heavy (non-hydrogen) atoms. The quantitative estimate of drug-likeness (QED) is 0.753. The van der Waals surface area contributed by atoms with Crippen molar-refractivity contribution in [1.82, 2.24) is 15.5 Å². The molecule has 0 aromatic carbocycles. The van der Waals surface area contributed by atoms with Gasteiger partial charge in [-0.25, -0.2) is 0 Å². The Bertz CT molecular complexity index is 341. The molecule has 2 N–H and O–H groups in total. The van der Waals surface area contributed by atoms with Gasteiger partial charge in [-0.3, -0.25) is 4.79 Å². The van der Waals surface area contributed by atoms with Gasteiger partial charge in [-0.15, -0.1) is 0 Å². The average Bonchev–Trinajstić information content (AvgIpc) is 3.05. The number of hydrogen-bond donors (Lipinski definition) is 2. The molecular formula is C17H33N3O. The van der Waals surface area contributed by atoms with E-state index < -0.39 is 0 Å². The van der Waals surface area contributed by atoms with E-state index in [4.69, 9.17) is 0 Å². The third-order valence-corrected chi connectivity index (χ3v) is 5.77. The third kappa shape index (κ3) is 3.78. The van der Waals surface area contributed by atoms with Crippen molar-refractivity contribution in [3.8, 4) is 0 Å². The van der Waals surface area contributed by atoms with Gasteiger partial charge in [-0.1, -0.05) is 33.1 Å². The van der Waals surface area contributed by atoms with Crippen molar-refractivity contribution in [3.05, 3.63) is 0 Å². The zero-order chi connectivity index (χ0) is 15.4. The van der Waals surface area contributed by atoms with Crippen LogP contribution in [-0.4, -0.2) is 50.1 Å². The van der Waals surface area contributed by atoms with E-state index in [2.05, 4.69) is 43.5 Å². The zero-order valence-corrected chi connectivity index (χ0v) is 14.2. The molecule has 1 heterocycles. The lowest BCUT2D eigenvalue weighted by Gasteiger charge is -2.32. The van der Waals surface area contributed by atoms with Crippen molar-refractivity contribution < 1.29 is 4.79 Å². The van der Waals surface area contributed by atoms with Crippen molar-refractivity contribution in [2.24, 2.45) is 17.8 Å². The summed E-state index contributed by atoms with van der Waals surface area (Å²) in [5, 5.41) is 6.67. The monoisotopic (exact) mass is 295 g/mol. The number of carbonyl (C=O) groups excluding carboxylic acids is 1. The van der Waals surface area contributed by atoms with Gasteiger partial charge in [-0.05, 0) is 51.2 Å². The fourth-order valence-electron chi connectivity index (χ4n) is 4.39. The van der Waals surface area contributed by atoms with E-state index in [0.717, 1.165) is 19.0 Å². The smallest absolute Gasteiger partial charge is 0.237 e. The molecule has 0 spiro atoms. The highest BCUT2D eigenvalue weighted by Crippen LogP contribution is 2.37. The van der Waals surface area contributed by atoms with Crippen LogP contribution < -0.4 is 10.6 Å². The van der Waals surface area contributed by atoms with Crippen molar-refractivity contribution in [1.29, 1.82) is 0 Å². The predicted molar refractivity (Wildman–Crippen MR) is 87.2 cm³/mol. The van der Waals surface area contributed by atoms with Crippen LogP contribution in [-0.2, 0) is 4.79 Å².